The van der Waals surface area contributed by atoms with E-state index in [-0.39, 0.29) is 17.6 Å². The molecule has 0 bridgehead atoms. The molecular weight excluding hydrogens is 354 g/mol. The predicted molar refractivity (Wildman–Crippen MR) is 94.9 cm³/mol. The van der Waals surface area contributed by atoms with Gasteiger partial charge in [0.1, 0.15) is 17.9 Å². The molecule has 2 fully saturated rings. The van der Waals surface area contributed by atoms with Crippen LogP contribution in [0.1, 0.15) is 71.7 Å². The van der Waals surface area contributed by atoms with E-state index < -0.39 is 41.2 Å². The number of aromatic nitrogens is 1. The third kappa shape index (κ3) is 4.29. The number of hydrogen-bond donors (Lipinski definition) is 4. The smallest absolute Gasteiger partial charge is 0.322 e. The van der Waals surface area contributed by atoms with Crippen LogP contribution in [0, 0.1) is 0 Å². The second-order valence-corrected chi connectivity index (χ2v) is 7.09. The van der Waals surface area contributed by atoms with E-state index >= 15 is 0 Å². The summed E-state index contributed by atoms with van der Waals surface area (Å²) in [4.78, 5) is 48.2. The van der Waals surface area contributed by atoms with Crippen LogP contribution >= 0.6 is 0 Å². The lowest BCUT2D eigenvalue weighted by Crippen LogP contribution is -2.39. The number of aromatic hydroxyl groups is 1. The Hall–Kier alpha value is -2.84. The molecule has 4 N–H and O–H groups in total. The first kappa shape index (κ1) is 18.9. The largest absolute Gasteiger partial charge is 0.506 e. The molecule has 146 valence electrons. The number of carboxylic acid groups (broad SMARTS) is 1. The van der Waals surface area contributed by atoms with Gasteiger partial charge in [0, 0.05) is 18.3 Å². The molecule has 2 amide bonds. The second-order valence-electron chi connectivity index (χ2n) is 7.09. The molecule has 0 aromatic carbocycles. The minimum absolute atomic E-state index is 0.00348. The van der Waals surface area contributed by atoms with E-state index in [1.807, 2.05) is 0 Å². The van der Waals surface area contributed by atoms with Crippen molar-refractivity contribution in [1.82, 2.24) is 15.2 Å². The zero-order valence-corrected chi connectivity index (χ0v) is 14.9. The number of carboxylic acids is 1. The van der Waals surface area contributed by atoms with Crippen LogP contribution in [-0.2, 0) is 4.79 Å². The standard InChI is InChI=1S/C18H23N3O6/c22-13(23)8-19-17(26)14-15(24)12(9-21(18(14)27)11-6-7-11)16(25)20-10-4-2-1-3-5-10/h9-11,24H,1-8H2,(H,19,26)(H,20,25)(H,22,23). The van der Waals surface area contributed by atoms with E-state index in [2.05, 4.69) is 10.6 Å². The number of nitrogens with one attached hydrogen (secondary N) is 2. The van der Waals surface area contributed by atoms with Crippen molar-refractivity contribution >= 4 is 17.8 Å². The summed E-state index contributed by atoms with van der Waals surface area (Å²) in [6, 6.07) is -0.124. The molecular formula is C18H23N3O6. The van der Waals surface area contributed by atoms with E-state index in [4.69, 9.17) is 5.11 Å². The van der Waals surface area contributed by atoms with Gasteiger partial charge in [0.2, 0.25) is 0 Å². The van der Waals surface area contributed by atoms with Crippen LogP contribution in [0.5, 0.6) is 5.75 Å². The van der Waals surface area contributed by atoms with Gasteiger partial charge in [-0.15, -0.1) is 0 Å². The molecule has 1 aromatic rings. The Bertz CT molecular complexity index is 821. The number of aliphatic carboxylic acids is 1. The summed E-state index contributed by atoms with van der Waals surface area (Å²) in [6.07, 6.45) is 7.62. The van der Waals surface area contributed by atoms with E-state index in [0.717, 1.165) is 44.9 Å². The fraction of sp³-hybridized carbons (Fsp3) is 0.556. The minimum atomic E-state index is -1.28. The fourth-order valence-corrected chi connectivity index (χ4v) is 3.37. The topological polar surface area (TPSA) is 138 Å². The van der Waals surface area contributed by atoms with Gasteiger partial charge in [-0.3, -0.25) is 19.2 Å². The highest BCUT2D eigenvalue weighted by atomic mass is 16.4. The molecule has 2 saturated carbocycles. The van der Waals surface area contributed by atoms with Crippen molar-refractivity contribution in [2.24, 2.45) is 0 Å². The van der Waals surface area contributed by atoms with Crippen LogP contribution < -0.4 is 16.2 Å². The summed E-state index contributed by atoms with van der Waals surface area (Å²) < 4.78 is 1.28. The molecule has 3 rings (SSSR count). The summed E-state index contributed by atoms with van der Waals surface area (Å²) in [5.41, 5.74) is -1.47. The van der Waals surface area contributed by atoms with Crippen LogP contribution in [-0.4, -0.2) is 45.2 Å². The number of hydrogen-bond acceptors (Lipinski definition) is 5. The maximum Gasteiger partial charge on any atom is 0.322 e. The van der Waals surface area contributed by atoms with E-state index in [1.54, 1.807) is 0 Å². The van der Waals surface area contributed by atoms with Gasteiger partial charge in [-0.1, -0.05) is 19.3 Å². The monoisotopic (exact) mass is 377 g/mol. The van der Waals surface area contributed by atoms with E-state index in [1.165, 1.54) is 10.8 Å². The average molecular weight is 377 g/mol. The molecule has 2 aliphatic rings. The first-order valence-electron chi connectivity index (χ1n) is 9.17. The van der Waals surface area contributed by atoms with Crippen molar-refractivity contribution in [2.45, 2.75) is 57.0 Å². The molecule has 27 heavy (non-hydrogen) atoms. The third-order valence-electron chi connectivity index (χ3n) is 4.96. The number of carbonyl (C=O) groups excluding carboxylic acids is 2. The highest BCUT2D eigenvalue weighted by molar-refractivity contribution is 6.04. The molecule has 1 heterocycles. The third-order valence-corrected chi connectivity index (χ3v) is 4.96. The van der Waals surface area contributed by atoms with Crippen molar-refractivity contribution in [2.75, 3.05) is 6.54 Å². The van der Waals surface area contributed by atoms with Gasteiger partial charge in [-0.05, 0) is 25.7 Å². The Labute approximate surface area is 155 Å². The van der Waals surface area contributed by atoms with Crippen LogP contribution in [0.2, 0.25) is 0 Å². The van der Waals surface area contributed by atoms with Gasteiger partial charge >= 0.3 is 5.97 Å². The molecule has 9 nitrogen and oxygen atoms in total. The zero-order chi connectivity index (χ0) is 19.6. The predicted octanol–water partition coefficient (Wildman–Crippen LogP) is 0.766. The van der Waals surface area contributed by atoms with Crippen molar-refractivity contribution in [3.05, 3.63) is 27.7 Å². The van der Waals surface area contributed by atoms with Crippen LogP contribution in [0.3, 0.4) is 0 Å². The molecule has 0 aliphatic heterocycles. The Morgan fingerprint density at radius 1 is 1.07 bits per heavy atom. The van der Waals surface area contributed by atoms with Crippen LogP contribution in [0.15, 0.2) is 11.0 Å². The van der Waals surface area contributed by atoms with Gasteiger partial charge in [-0.25, -0.2) is 0 Å². The number of amides is 2. The van der Waals surface area contributed by atoms with Gasteiger partial charge in [0.15, 0.2) is 0 Å². The first-order chi connectivity index (χ1) is 12.9. The summed E-state index contributed by atoms with van der Waals surface area (Å²) >= 11 is 0. The Kier molecular flexibility index (Phi) is 5.48. The molecule has 0 spiro atoms. The summed E-state index contributed by atoms with van der Waals surface area (Å²) in [5, 5.41) is 24.1. The quantitative estimate of drug-likeness (QED) is 0.578. The van der Waals surface area contributed by atoms with Crippen molar-refractivity contribution in [3.63, 3.8) is 0 Å². The number of nitrogens with zero attached hydrogens (tertiary/aromatic N) is 1. The van der Waals surface area contributed by atoms with Crippen molar-refractivity contribution < 1.29 is 24.6 Å². The first-order valence-corrected chi connectivity index (χ1v) is 9.17. The normalized spacial score (nSPS) is 17.3. The minimum Gasteiger partial charge on any atom is -0.506 e. The maximum absolute atomic E-state index is 12.7. The Morgan fingerprint density at radius 2 is 1.74 bits per heavy atom. The lowest BCUT2D eigenvalue weighted by atomic mass is 9.95. The summed E-state index contributed by atoms with van der Waals surface area (Å²) in [5.74, 6) is -3.55. The van der Waals surface area contributed by atoms with Crippen molar-refractivity contribution in [1.29, 1.82) is 0 Å². The lowest BCUT2D eigenvalue weighted by molar-refractivity contribution is -0.135. The summed E-state index contributed by atoms with van der Waals surface area (Å²) in [7, 11) is 0. The number of rotatable bonds is 6. The van der Waals surface area contributed by atoms with Gasteiger partial charge in [-0.2, -0.15) is 0 Å². The van der Waals surface area contributed by atoms with E-state index in [9.17, 15) is 24.3 Å². The molecule has 1 aromatic heterocycles. The van der Waals surface area contributed by atoms with Crippen LogP contribution in [0.25, 0.3) is 0 Å². The molecule has 0 radical (unpaired) electrons. The van der Waals surface area contributed by atoms with Gasteiger partial charge in [0.25, 0.3) is 17.4 Å². The highest BCUT2D eigenvalue weighted by Crippen LogP contribution is 2.35. The molecule has 0 atom stereocenters. The second kappa shape index (κ2) is 7.81. The highest BCUT2D eigenvalue weighted by Gasteiger charge is 2.32. The van der Waals surface area contributed by atoms with E-state index in [0.29, 0.717) is 0 Å². The van der Waals surface area contributed by atoms with Gasteiger partial charge < -0.3 is 25.4 Å². The fourth-order valence-electron chi connectivity index (χ4n) is 3.37. The molecule has 0 saturated heterocycles. The maximum atomic E-state index is 12.7. The van der Waals surface area contributed by atoms with Crippen molar-refractivity contribution in [3.8, 4) is 5.75 Å². The number of carbonyl (C=O) groups is 3. The van der Waals surface area contributed by atoms with Gasteiger partial charge in [0.05, 0.1) is 5.56 Å². The molecule has 9 heteroatoms. The SMILES string of the molecule is O=C(O)CNC(=O)c1c(O)c(C(=O)NC2CCCCC2)cn(C2CC2)c1=O. The summed E-state index contributed by atoms with van der Waals surface area (Å²) in [6.45, 7) is -0.695. The van der Waals surface area contributed by atoms with Crippen LogP contribution in [0.4, 0.5) is 0 Å². The average Bonchev–Trinajstić information content (AvgIpc) is 3.46. The Morgan fingerprint density at radius 3 is 2.33 bits per heavy atom. The molecule has 0 unspecified atom stereocenters. The lowest BCUT2D eigenvalue weighted by Gasteiger charge is -2.23. The zero-order valence-electron chi connectivity index (χ0n) is 14.9. The number of pyridine rings is 1. The molecule has 2 aliphatic carbocycles. The Balaban J connectivity index is 1.93.